The largest absolute Gasteiger partial charge is 0.450 e. The third kappa shape index (κ3) is 9.17. The summed E-state index contributed by atoms with van der Waals surface area (Å²) in [6.07, 6.45) is 1.32. The molecular weight excluding hydrogens is 531 g/mol. The van der Waals surface area contributed by atoms with E-state index >= 15 is 0 Å². The number of halogens is 1. The van der Waals surface area contributed by atoms with Crippen LogP contribution in [0.15, 0.2) is 10.4 Å². The van der Waals surface area contributed by atoms with E-state index in [-0.39, 0.29) is 48.6 Å². The maximum Gasteiger partial charge on any atom is 0.409 e. The highest BCUT2D eigenvalue weighted by Crippen LogP contribution is 2.17. The van der Waals surface area contributed by atoms with Crippen LogP contribution >= 0.6 is 35.3 Å². The predicted octanol–water partition coefficient (Wildman–Crippen LogP) is 2.63. The molecule has 0 unspecified atom stereocenters. The second-order valence-electron chi connectivity index (χ2n) is 7.73. The second-order valence-corrected chi connectivity index (χ2v) is 8.67. The molecule has 9 nitrogen and oxygen atoms in total. The van der Waals surface area contributed by atoms with E-state index in [0.717, 1.165) is 23.5 Å². The quantitative estimate of drug-likeness (QED) is 0.299. The number of nitrogens with one attached hydrogen (secondary N) is 2. The number of aliphatic imine (C=N–C) groups is 1. The summed E-state index contributed by atoms with van der Waals surface area (Å²) in [5.74, 6) is 0.911. The van der Waals surface area contributed by atoms with Gasteiger partial charge >= 0.3 is 6.09 Å². The molecule has 0 spiro atoms. The average Bonchev–Trinajstić information content (AvgIpc) is 3.19. The van der Waals surface area contributed by atoms with Crippen LogP contribution in [-0.2, 0) is 16.1 Å². The maximum atomic E-state index is 12.0. The summed E-state index contributed by atoms with van der Waals surface area (Å²) in [4.78, 5) is 36.2. The van der Waals surface area contributed by atoms with Crippen molar-refractivity contribution in [3.8, 4) is 0 Å². The van der Waals surface area contributed by atoms with Gasteiger partial charge in [-0.15, -0.1) is 35.3 Å². The number of thiazole rings is 1. The number of rotatable bonds is 7. The Morgan fingerprint density at radius 3 is 2.58 bits per heavy atom. The van der Waals surface area contributed by atoms with Crippen molar-refractivity contribution in [1.82, 2.24) is 25.4 Å². The Labute approximate surface area is 206 Å². The van der Waals surface area contributed by atoms with E-state index in [0.29, 0.717) is 38.1 Å². The molecular formula is C20H35IN6O3S. The van der Waals surface area contributed by atoms with E-state index in [2.05, 4.69) is 39.8 Å². The molecule has 2 heterocycles. The zero-order valence-electron chi connectivity index (χ0n) is 19.0. The van der Waals surface area contributed by atoms with Gasteiger partial charge in [0.15, 0.2) is 5.96 Å². The van der Waals surface area contributed by atoms with E-state index in [1.807, 2.05) is 6.92 Å². The number of ether oxygens (including phenoxy) is 1. The molecule has 1 saturated heterocycles. The highest BCUT2D eigenvalue weighted by Gasteiger charge is 2.24. The summed E-state index contributed by atoms with van der Waals surface area (Å²) in [5.41, 5.74) is 1.08. The Morgan fingerprint density at radius 2 is 2.03 bits per heavy atom. The molecule has 1 aliphatic rings. The van der Waals surface area contributed by atoms with Gasteiger partial charge in [-0.1, -0.05) is 13.8 Å². The van der Waals surface area contributed by atoms with Crippen molar-refractivity contribution in [2.24, 2.45) is 4.99 Å². The van der Waals surface area contributed by atoms with Gasteiger partial charge < -0.3 is 25.2 Å². The molecule has 1 fully saturated rings. The summed E-state index contributed by atoms with van der Waals surface area (Å²) >= 11 is 1.61. The summed E-state index contributed by atoms with van der Waals surface area (Å²) in [5, 5.41) is 9.75. The van der Waals surface area contributed by atoms with Crippen molar-refractivity contribution in [2.45, 2.75) is 52.1 Å². The summed E-state index contributed by atoms with van der Waals surface area (Å²) in [6, 6.07) is 0.166. The highest BCUT2D eigenvalue weighted by atomic mass is 127. The smallest absolute Gasteiger partial charge is 0.409 e. The number of amides is 2. The van der Waals surface area contributed by atoms with Crippen molar-refractivity contribution in [1.29, 1.82) is 0 Å². The Morgan fingerprint density at radius 1 is 1.35 bits per heavy atom. The molecule has 0 atom stereocenters. The van der Waals surface area contributed by atoms with Crippen LogP contribution < -0.4 is 10.6 Å². The van der Waals surface area contributed by atoms with Gasteiger partial charge in [-0.05, 0) is 25.7 Å². The molecule has 1 aromatic rings. The van der Waals surface area contributed by atoms with Gasteiger partial charge in [-0.2, -0.15) is 0 Å². The Hall–Kier alpha value is -1.63. The van der Waals surface area contributed by atoms with Crippen LogP contribution in [-0.4, -0.2) is 79.1 Å². The minimum Gasteiger partial charge on any atom is -0.450 e. The van der Waals surface area contributed by atoms with Crippen molar-refractivity contribution in [3.05, 3.63) is 16.1 Å². The fourth-order valence-corrected chi connectivity index (χ4v) is 3.78. The standard InChI is InChI=1S/C20H34N6O3S.HI/c1-6-29-20(28)26-9-7-15(8-10-26)23-19(22-12-18(27)25(4)5)21-11-17-24-16(13-30-17)14(2)3;/h13-15H,6-12H2,1-5H3,(H2,21,22,23);1H. The van der Waals surface area contributed by atoms with Gasteiger partial charge in [0.25, 0.3) is 0 Å². The van der Waals surface area contributed by atoms with Crippen molar-refractivity contribution in [3.63, 3.8) is 0 Å². The first-order valence-electron chi connectivity index (χ1n) is 10.4. The van der Waals surface area contributed by atoms with Gasteiger partial charge in [-0.3, -0.25) is 4.79 Å². The van der Waals surface area contributed by atoms with E-state index < -0.39 is 0 Å². The topological polar surface area (TPSA) is 99.2 Å². The molecule has 2 N–H and O–H groups in total. The van der Waals surface area contributed by atoms with E-state index in [1.54, 1.807) is 30.3 Å². The number of nitrogens with zero attached hydrogens (tertiary/aromatic N) is 4. The molecule has 0 aliphatic carbocycles. The lowest BCUT2D eigenvalue weighted by atomic mass is 10.1. The van der Waals surface area contributed by atoms with E-state index in [1.165, 1.54) is 4.90 Å². The van der Waals surface area contributed by atoms with Gasteiger partial charge in [0.05, 0.1) is 18.8 Å². The number of hydrogen-bond donors (Lipinski definition) is 2. The molecule has 1 aliphatic heterocycles. The number of hydrogen-bond acceptors (Lipinski definition) is 6. The van der Waals surface area contributed by atoms with Crippen LogP contribution in [0.5, 0.6) is 0 Å². The molecule has 11 heteroatoms. The molecule has 1 aromatic heterocycles. The zero-order chi connectivity index (χ0) is 22.1. The summed E-state index contributed by atoms with van der Waals surface area (Å²) < 4.78 is 5.07. The summed E-state index contributed by atoms with van der Waals surface area (Å²) in [6.45, 7) is 8.30. The average molecular weight is 567 g/mol. The first-order valence-corrected chi connectivity index (χ1v) is 11.3. The monoisotopic (exact) mass is 566 g/mol. The first kappa shape index (κ1) is 27.4. The normalized spacial score (nSPS) is 14.8. The number of carbonyl (C=O) groups is 2. The molecule has 0 bridgehead atoms. The zero-order valence-corrected chi connectivity index (χ0v) is 22.2. The van der Waals surface area contributed by atoms with E-state index in [4.69, 9.17) is 4.74 Å². The molecule has 31 heavy (non-hydrogen) atoms. The van der Waals surface area contributed by atoms with Crippen molar-refractivity contribution >= 4 is 53.3 Å². The van der Waals surface area contributed by atoms with Crippen LogP contribution in [0.25, 0.3) is 0 Å². The summed E-state index contributed by atoms with van der Waals surface area (Å²) in [7, 11) is 3.43. The first-order chi connectivity index (χ1) is 14.3. The van der Waals surface area contributed by atoms with Crippen LogP contribution in [0, 0.1) is 0 Å². The van der Waals surface area contributed by atoms with Crippen LogP contribution in [0.4, 0.5) is 4.79 Å². The second kappa shape index (κ2) is 13.7. The Balaban J connectivity index is 0.00000480. The fourth-order valence-electron chi connectivity index (χ4n) is 2.89. The lowest BCUT2D eigenvalue weighted by Gasteiger charge is -2.32. The third-order valence-corrected chi connectivity index (χ3v) is 5.67. The number of carbonyl (C=O) groups excluding carboxylic acids is 2. The molecule has 176 valence electrons. The van der Waals surface area contributed by atoms with Crippen LogP contribution in [0.3, 0.4) is 0 Å². The molecule has 0 radical (unpaired) electrons. The lowest BCUT2D eigenvalue weighted by molar-refractivity contribution is -0.127. The predicted molar refractivity (Wildman–Crippen MR) is 134 cm³/mol. The van der Waals surface area contributed by atoms with Crippen LogP contribution in [0.2, 0.25) is 0 Å². The molecule has 2 amide bonds. The lowest BCUT2D eigenvalue weighted by Crippen LogP contribution is -2.50. The SMILES string of the molecule is CCOC(=O)N1CCC(NC(=NCC(=O)N(C)C)NCc2nc(C(C)C)cs2)CC1.I. The van der Waals surface area contributed by atoms with Crippen molar-refractivity contribution < 1.29 is 14.3 Å². The number of guanidine groups is 1. The maximum absolute atomic E-state index is 12.0. The van der Waals surface area contributed by atoms with E-state index in [9.17, 15) is 9.59 Å². The van der Waals surface area contributed by atoms with Gasteiger partial charge in [0.2, 0.25) is 5.91 Å². The minimum atomic E-state index is -0.260. The number of piperidine rings is 1. The fraction of sp³-hybridized carbons (Fsp3) is 0.700. The van der Waals surface area contributed by atoms with Gasteiger partial charge in [0.1, 0.15) is 11.6 Å². The molecule has 2 rings (SSSR count). The number of likely N-dealkylation sites (N-methyl/N-ethyl adjacent to an activating group) is 1. The number of likely N-dealkylation sites (tertiary alicyclic amines) is 1. The van der Waals surface area contributed by atoms with Gasteiger partial charge in [-0.25, -0.2) is 14.8 Å². The number of aromatic nitrogens is 1. The van der Waals surface area contributed by atoms with Crippen LogP contribution in [0.1, 0.15) is 50.2 Å². The highest BCUT2D eigenvalue weighted by molar-refractivity contribution is 14.0. The Kier molecular flexibility index (Phi) is 12.1. The molecule has 0 aromatic carbocycles. The minimum absolute atomic E-state index is 0. The molecule has 0 saturated carbocycles. The third-order valence-electron chi connectivity index (χ3n) is 4.80. The van der Waals surface area contributed by atoms with Gasteiger partial charge in [0, 0.05) is 38.6 Å². The Bertz CT molecular complexity index is 732. The van der Waals surface area contributed by atoms with Crippen molar-refractivity contribution in [2.75, 3.05) is 40.3 Å².